The van der Waals surface area contributed by atoms with E-state index in [1.54, 1.807) is 6.20 Å². The number of rotatable bonds is 8. The van der Waals surface area contributed by atoms with E-state index in [1.165, 1.54) is 5.56 Å². The summed E-state index contributed by atoms with van der Waals surface area (Å²) in [5.41, 5.74) is 2.11. The van der Waals surface area contributed by atoms with Crippen molar-refractivity contribution in [2.45, 2.75) is 32.2 Å². The molecule has 2 heterocycles. The fourth-order valence-corrected chi connectivity index (χ4v) is 2.51. The third-order valence-corrected chi connectivity index (χ3v) is 3.90. The van der Waals surface area contributed by atoms with Gasteiger partial charge >= 0.3 is 0 Å². The molecule has 3 aromatic rings. The molecule has 0 unspecified atom stereocenters. The fourth-order valence-electron chi connectivity index (χ4n) is 2.51. The Morgan fingerprint density at radius 2 is 1.88 bits per heavy atom. The molecule has 0 aliphatic rings. The molecule has 0 saturated carbocycles. The van der Waals surface area contributed by atoms with Crippen LogP contribution in [-0.4, -0.2) is 27.7 Å². The summed E-state index contributed by atoms with van der Waals surface area (Å²) in [5.74, 6) is 1.18. The molecule has 0 fully saturated rings. The van der Waals surface area contributed by atoms with Gasteiger partial charge in [0.25, 0.3) is 0 Å². The van der Waals surface area contributed by atoms with Crippen LogP contribution >= 0.6 is 0 Å². The molecule has 124 valence electrons. The molecule has 5 heteroatoms. The Kier molecular flexibility index (Phi) is 5.69. The van der Waals surface area contributed by atoms with Gasteiger partial charge in [-0.05, 0) is 37.5 Å². The topological polar surface area (TPSA) is 63.8 Å². The molecule has 1 aromatic carbocycles. The molecule has 0 spiro atoms. The summed E-state index contributed by atoms with van der Waals surface area (Å²) in [4.78, 5) is 8.61. The van der Waals surface area contributed by atoms with Crippen molar-refractivity contribution in [1.82, 2.24) is 20.4 Å². The molecule has 0 aliphatic carbocycles. The zero-order valence-electron chi connectivity index (χ0n) is 13.9. The molecule has 0 amide bonds. The van der Waals surface area contributed by atoms with Crippen molar-refractivity contribution < 1.29 is 4.52 Å². The maximum atomic E-state index is 5.29. The van der Waals surface area contributed by atoms with Gasteiger partial charge in [0.15, 0.2) is 0 Å². The van der Waals surface area contributed by atoms with E-state index in [1.807, 2.05) is 18.2 Å². The lowest BCUT2D eigenvalue weighted by molar-refractivity contribution is 0.372. The molecule has 0 aliphatic heterocycles. The predicted molar refractivity (Wildman–Crippen MR) is 93.5 cm³/mol. The summed E-state index contributed by atoms with van der Waals surface area (Å²) in [6.07, 6.45) is 4.63. The quantitative estimate of drug-likeness (QED) is 0.689. The zero-order chi connectivity index (χ0) is 16.6. The molecule has 5 nitrogen and oxygen atoms in total. The highest BCUT2D eigenvalue weighted by molar-refractivity contribution is 5.46. The van der Waals surface area contributed by atoms with Crippen molar-refractivity contribution in [3.63, 3.8) is 0 Å². The maximum absolute atomic E-state index is 5.29. The first-order chi connectivity index (χ1) is 11.8. The number of aromatic nitrogens is 3. The lowest BCUT2D eigenvalue weighted by atomic mass is 10.1. The van der Waals surface area contributed by atoms with Crippen LogP contribution in [0.4, 0.5) is 0 Å². The Balaban J connectivity index is 1.41. The van der Waals surface area contributed by atoms with Gasteiger partial charge in [-0.2, -0.15) is 4.98 Å². The maximum Gasteiger partial charge on any atom is 0.228 e. The van der Waals surface area contributed by atoms with Crippen molar-refractivity contribution in [2.75, 3.05) is 6.54 Å². The van der Waals surface area contributed by atoms with Crippen molar-refractivity contribution >= 4 is 0 Å². The van der Waals surface area contributed by atoms with Gasteiger partial charge in [-0.25, -0.2) is 0 Å². The Labute approximate surface area is 142 Å². The van der Waals surface area contributed by atoms with Crippen LogP contribution in [0.15, 0.2) is 59.3 Å². The molecule has 0 saturated heterocycles. The highest BCUT2D eigenvalue weighted by Gasteiger charge is 2.09. The number of pyridine rings is 1. The molecule has 2 aromatic heterocycles. The van der Waals surface area contributed by atoms with E-state index in [9.17, 15) is 0 Å². The number of nitrogens with zero attached hydrogens (tertiary/aromatic N) is 3. The number of nitrogens with one attached hydrogen (secondary N) is 1. The molecule has 3 rings (SSSR count). The second kappa shape index (κ2) is 8.36. The monoisotopic (exact) mass is 322 g/mol. The van der Waals surface area contributed by atoms with Crippen molar-refractivity contribution in [3.8, 4) is 11.5 Å². The summed E-state index contributed by atoms with van der Waals surface area (Å²) < 4.78 is 5.29. The van der Waals surface area contributed by atoms with Crippen molar-refractivity contribution in [1.29, 1.82) is 0 Å². The Bertz CT molecular complexity index is 727. The van der Waals surface area contributed by atoms with Gasteiger partial charge < -0.3 is 9.84 Å². The van der Waals surface area contributed by atoms with E-state index in [0.29, 0.717) is 17.8 Å². The normalized spacial score (nSPS) is 12.2. The Hall–Kier alpha value is -2.53. The van der Waals surface area contributed by atoms with E-state index < -0.39 is 0 Å². The molecule has 24 heavy (non-hydrogen) atoms. The second-order valence-electron chi connectivity index (χ2n) is 5.86. The smallest absolute Gasteiger partial charge is 0.228 e. The first-order valence-corrected chi connectivity index (χ1v) is 8.32. The lowest BCUT2D eigenvalue weighted by Gasteiger charge is -2.12. The molecular formula is C19H22N4O. The zero-order valence-corrected chi connectivity index (χ0v) is 13.9. The van der Waals surface area contributed by atoms with Crippen LogP contribution in [0.2, 0.25) is 0 Å². The number of benzene rings is 1. The van der Waals surface area contributed by atoms with Crippen LogP contribution < -0.4 is 5.32 Å². The van der Waals surface area contributed by atoms with Crippen LogP contribution in [0.25, 0.3) is 11.5 Å². The summed E-state index contributed by atoms with van der Waals surface area (Å²) in [6, 6.07) is 16.7. The summed E-state index contributed by atoms with van der Waals surface area (Å²) in [5, 5.41) is 7.49. The summed E-state index contributed by atoms with van der Waals surface area (Å²) in [7, 11) is 0. The Morgan fingerprint density at radius 1 is 1.04 bits per heavy atom. The van der Waals surface area contributed by atoms with Gasteiger partial charge in [-0.1, -0.05) is 41.6 Å². The highest BCUT2D eigenvalue weighted by atomic mass is 16.5. The van der Waals surface area contributed by atoms with E-state index in [2.05, 4.69) is 57.7 Å². The average Bonchev–Trinajstić information content (AvgIpc) is 3.11. The predicted octanol–water partition coefficient (Wildman–Crippen LogP) is 3.29. The minimum atomic E-state index is 0.448. The van der Waals surface area contributed by atoms with Gasteiger partial charge in [-0.3, -0.25) is 4.98 Å². The van der Waals surface area contributed by atoms with Crippen LogP contribution in [0.1, 0.15) is 24.8 Å². The molecular weight excluding hydrogens is 300 g/mol. The van der Waals surface area contributed by atoms with Crippen LogP contribution in [0, 0.1) is 0 Å². The molecule has 1 N–H and O–H groups in total. The minimum absolute atomic E-state index is 0.448. The number of hydrogen-bond acceptors (Lipinski definition) is 5. The molecule has 0 bridgehead atoms. The largest absolute Gasteiger partial charge is 0.339 e. The Morgan fingerprint density at radius 3 is 2.67 bits per heavy atom. The SMILES string of the molecule is C[C@@H](CCc1ccccc1)NCCc1nc(-c2ccccn2)no1. The summed E-state index contributed by atoms with van der Waals surface area (Å²) in [6.45, 7) is 3.02. The fraction of sp³-hybridized carbons (Fsp3) is 0.316. The van der Waals surface area contributed by atoms with Gasteiger partial charge in [0.1, 0.15) is 5.69 Å². The number of aryl methyl sites for hydroxylation is 1. The lowest BCUT2D eigenvalue weighted by Crippen LogP contribution is -2.28. The van der Waals surface area contributed by atoms with Gasteiger partial charge in [0.2, 0.25) is 11.7 Å². The second-order valence-corrected chi connectivity index (χ2v) is 5.86. The minimum Gasteiger partial charge on any atom is -0.339 e. The van der Waals surface area contributed by atoms with E-state index >= 15 is 0 Å². The van der Waals surface area contributed by atoms with Gasteiger partial charge in [-0.15, -0.1) is 0 Å². The highest BCUT2D eigenvalue weighted by Crippen LogP contribution is 2.12. The molecule has 0 radical (unpaired) electrons. The van der Waals surface area contributed by atoms with Gasteiger partial charge in [0.05, 0.1) is 0 Å². The van der Waals surface area contributed by atoms with E-state index in [0.717, 1.165) is 31.5 Å². The van der Waals surface area contributed by atoms with Crippen molar-refractivity contribution in [2.24, 2.45) is 0 Å². The molecule has 1 atom stereocenters. The number of hydrogen-bond donors (Lipinski definition) is 1. The van der Waals surface area contributed by atoms with Crippen LogP contribution in [0.3, 0.4) is 0 Å². The van der Waals surface area contributed by atoms with Crippen LogP contribution in [0.5, 0.6) is 0 Å². The van der Waals surface area contributed by atoms with Crippen molar-refractivity contribution in [3.05, 3.63) is 66.2 Å². The third kappa shape index (κ3) is 4.73. The van der Waals surface area contributed by atoms with E-state index in [-0.39, 0.29) is 0 Å². The van der Waals surface area contributed by atoms with Crippen LogP contribution in [-0.2, 0) is 12.8 Å². The average molecular weight is 322 g/mol. The first kappa shape index (κ1) is 16.3. The van der Waals surface area contributed by atoms with E-state index in [4.69, 9.17) is 4.52 Å². The first-order valence-electron chi connectivity index (χ1n) is 8.32. The third-order valence-electron chi connectivity index (χ3n) is 3.90. The summed E-state index contributed by atoms with van der Waals surface area (Å²) >= 11 is 0. The van der Waals surface area contributed by atoms with Gasteiger partial charge in [0, 0.05) is 25.2 Å². The standard InChI is InChI=1S/C19H22N4O/c1-15(10-11-16-7-3-2-4-8-16)20-14-12-18-22-19(23-24-18)17-9-5-6-13-21-17/h2-9,13,15,20H,10-12,14H2,1H3/t15-/m0/s1.